The van der Waals surface area contributed by atoms with Crippen molar-refractivity contribution in [3.8, 4) is 78.4 Å². The summed E-state index contributed by atoms with van der Waals surface area (Å²) in [6.07, 6.45) is 6.21. The predicted molar refractivity (Wildman–Crippen MR) is 446 cm³/mol. The number of aryl methyl sites for hydroxylation is 13. The summed E-state index contributed by atoms with van der Waals surface area (Å²) in [6, 6.07) is 65.0. The second-order valence-corrected chi connectivity index (χ2v) is 53.2. The molecule has 0 unspecified atom stereocenters. The number of benzene rings is 7. The van der Waals surface area contributed by atoms with Gasteiger partial charge in [-0.2, -0.15) is 0 Å². The van der Waals surface area contributed by atoms with Crippen LogP contribution in [0.3, 0.4) is 0 Å². The molecule has 0 saturated carbocycles. The first-order valence-corrected chi connectivity index (χ1v) is 49.5. The van der Waals surface area contributed by atoms with Crippen LogP contribution in [0.1, 0.15) is 87.4 Å². The van der Waals surface area contributed by atoms with E-state index in [1.165, 1.54) is 98.8 Å². The fourth-order valence-corrected chi connectivity index (χ4v) is 19.5. The van der Waals surface area contributed by atoms with Gasteiger partial charge in [-0.1, -0.05) is 241 Å². The minimum Gasteiger partial charge on any atom is -0.201 e. The Hall–Kier alpha value is -7.99. The molecular formula is C92H120N4Si4+4. The van der Waals surface area contributed by atoms with Gasteiger partial charge in [-0.05, 0) is 177 Å². The molecule has 0 radical (unpaired) electrons. The van der Waals surface area contributed by atoms with E-state index >= 15 is 0 Å². The highest BCUT2D eigenvalue weighted by molar-refractivity contribution is 6.91. The number of pyridine rings is 4. The molecule has 0 bridgehead atoms. The van der Waals surface area contributed by atoms with Crippen LogP contribution in [0.4, 0.5) is 0 Å². The smallest absolute Gasteiger partial charge is 0.201 e. The normalized spacial score (nSPS) is 13.4. The standard InChI is InChI=1S/C24H30NSi.2C23H28NSi.C22H34NSi/c1-17-13-23(25(4)16-19(17)3)21-15-22(20-11-9-8-10-12-20)24(14-18(21)2)26(5,6)7;1-17-12-13-22(24(3)16-17)20-15-21(19-10-8-7-9-11-19)23(14-18(20)2)25(4,5)6;1-17-12-13-24(3)22(14-17)20-16-21(19-10-8-7-9-11-19)23(15-18(20)2)25(4,5)6;1-16-13-21(23(6)15-18(16)14-22(3,4)5)20-11-10-19(12-17(20)2)24(7,8)9/h8-16H,1-7H3;2*7-16H,1-6H3;10-13,15H,14H2,1-9H3/q4*+1/i3D3;1D3;;14D2. The van der Waals surface area contributed by atoms with E-state index in [-0.39, 0.29) is 0 Å². The first-order chi connectivity index (χ1) is 49.8. The van der Waals surface area contributed by atoms with E-state index < -0.39 is 57.8 Å². The molecule has 0 aliphatic heterocycles. The van der Waals surface area contributed by atoms with Gasteiger partial charge in [0.1, 0.15) is 28.2 Å². The van der Waals surface area contributed by atoms with E-state index in [9.17, 15) is 0 Å². The molecule has 4 heterocycles. The van der Waals surface area contributed by atoms with Gasteiger partial charge >= 0.3 is 0 Å². The molecule has 0 fully saturated rings. The summed E-state index contributed by atoms with van der Waals surface area (Å²) in [6.45, 7) is 45.1. The molecule has 100 heavy (non-hydrogen) atoms. The third-order valence-electron chi connectivity index (χ3n) is 18.9. The van der Waals surface area contributed by atoms with E-state index in [1.807, 2.05) is 95.4 Å². The van der Waals surface area contributed by atoms with Crippen LogP contribution >= 0.6 is 0 Å². The highest BCUT2D eigenvalue weighted by atomic mass is 28.3. The fraction of sp³-hybridized carbons (Fsp3) is 0.326. The highest BCUT2D eigenvalue weighted by Gasteiger charge is 2.29. The van der Waals surface area contributed by atoms with Crippen LogP contribution in [-0.2, 0) is 34.6 Å². The summed E-state index contributed by atoms with van der Waals surface area (Å²) < 4.78 is 71.8. The molecule has 11 rings (SSSR count). The van der Waals surface area contributed by atoms with Crippen molar-refractivity contribution in [2.75, 3.05) is 0 Å². The number of hydrogen-bond acceptors (Lipinski definition) is 0. The zero-order chi connectivity index (χ0) is 80.5. The van der Waals surface area contributed by atoms with Crippen LogP contribution < -0.4 is 39.0 Å². The lowest BCUT2D eigenvalue weighted by molar-refractivity contribution is -0.661. The van der Waals surface area contributed by atoms with Gasteiger partial charge in [-0.25, -0.2) is 18.3 Å². The van der Waals surface area contributed by atoms with Crippen molar-refractivity contribution in [2.24, 2.45) is 33.6 Å². The third-order valence-corrected chi connectivity index (χ3v) is 27.0. The Morgan fingerprint density at radius 1 is 0.320 bits per heavy atom. The first kappa shape index (κ1) is 66.6. The van der Waals surface area contributed by atoms with Gasteiger partial charge in [-0.15, -0.1) is 0 Å². The van der Waals surface area contributed by atoms with E-state index in [0.29, 0.717) is 11.1 Å². The monoisotopic (exact) mass is 1400 g/mol. The molecule has 0 aliphatic carbocycles. The van der Waals surface area contributed by atoms with Crippen molar-refractivity contribution in [1.82, 2.24) is 0 Å². The van der Waals surface area contributed by atoms with Gasteiger partial charge in [0.2, 0.25) is 22.8 Å². The Balaban J connectivity index is 0.000000182. The Morgan fingerprint density at radius 2 is 0.720 bits per heavy atom. The van der Waals surface area contributed by atoms with Gasteiger partial charge in [0.05, 0.1) is 32.3 Å². The number of nitrogens with zero attached hydrogens (tertiary/aromatic N) is 4. The SMILES string of the molecule is Cc1cc[n+](C)c(-c2cc(-c3ccccc3)c([Si](C)(C)C)cc2C)c1.[2H]C([2H])([2H])c1c[n+](C)c(-c2cc(-c3ccccc3)c([Si](C)(C)C)cc2C)cc1C.[2H]C([2H])([2H])c1ccc(-c2cc(-c3ccccc3)c([Si](C)(C)C)cc2C)[n+](C)c1.[2H]C([2H])(c1c[n+](C)c(-c2ccc([Si](C)(C)C)cc2C)cc1C)C(C)(C)C. The van der Waals surface area contributed by atoms with Crippen LogP contribution in [-0.4, -0.2) is 32.3 Å². The second kappa shape index (κ2) is 31.5. The molecule has 0 amide bonds. The van der Waals surface area contributed by atoms with E-state index in [1.54, 1.807) is 18.5 Å². The van der Waals surface area contributed by atoms with Gasteiger partial charge < -0.3 is 0 Å². The summed E-state index contributed by atoms with van der Waals surface area (Å²) in [5.74, 6) is 0. The minimum absolute atomic E-state index is 0.360. The van der Waals surface area contributed by atoms with Crippen LogP contribution in [0.2, 0.25) is 78.6 Å². The Labute approximate surface area is 620 Å². The zero-order valence-corrected chi connectivity index (χ0v) is 69.4. The lowest BCUT2D eigenvalue weighted by atomic mass is 9.87. The molecular weight excluding hydrogens is 1270 g/mol. The molecule has 8 heteroatoms. The molecule has 520 valence electrons. The summed E-state index contributed by atoms with van der Waals surface area (Å²) in [4.78, 5) is 0. The van der Waals surface area contributed by atoms with E-state index in [2.05, 4.69) is 287 Å². The summed E-state index contributed by atoms with van der Waals surface area (Å²) >= 11 is 0. The van der Waals surface area contributed by atoms with E-state index in [0.717, 1.165) is 44.9 Å². The van der Waals surface area contributed by atoms with Gasteiger partial charge in [0.25, 0.3) is 0 Å². The number of aromatic nitrogens is 4. The molecule has 0 aliphatic rings. The van der Waals surface area contributed by atoms with Crippen LogP contribution in [0.5, 0.6) is 0 Å². The molecule has 0 atom stereocenters. The molecule has 0 spiro atoms. The van der Waals surface area contributed by atoms with Crippen molar-refractivity contribution in [2.45, 2.75) is 168 Å². The number of rotatable bonds is 12. The lowest BCUT2D eigenvalue weighted by Crippen LogP contribution is -2.39. The maximum atomic E-state index is 8.63. The average Bonchev–Trinajstić information content (AvgIpc) is 0.777. The van der Waals surface area contributed by atoms with E-state index in [4.69, 9.17) is 11.0 Å². The zero-order valence-electron chi connectivity index (χ0n) is 73.4. The Morgan fingerprint density at radius 3 is 1.12 bits per heavy atom. The van der Waals surface area contributed by atoms with Crippen molar-refractivity contribution in [3.63, 3.8) is 0 Å². The molecule has 4 aromatic heterocycles. The molecule has 0 saturated heterocycles. The minimum atomic E-state index is -2.10. The van der Waals surface area contributed by atoms with Crippen LogP contribution in [0.25, 0.3) is 78.4 Å². The predicted octanol–water partition coefficient (Wildman–Crippen LogP) is 20.3. The Kier molecular flexibility index (Phi) is 21.0. The summed E-state index contributed by atoms with van der Waals surface area (Å²) in [5, 5.41) is 5.90. The van der Waals surface area contributed by atoms with Gasteiger partial charge in [0.15, 0.2) is 24.8 Å². The molecule has 4 nitrogen and oxygen atoms in total. The largest absolute Gasteiger partial charge is 0.212 e. The second-order valence-electron chi connectivity index (χ2n) is 33.0. The molecule has 7 aromatic carbocycles. The Bertz CT molecular complexity index is 5050. The fourth-order valence-electron chi connectivity index (χ4n) is 13.2. The topological polar surface area (TPSA) is 15.5 Å². The summed E-state index contributed by atoms with van der Waals surface area (Å²) in [5.41, 5.74) is 26.3. The van der Waals surface area contributed by atoms with Crippen LogP contribution in [0, 0.1) is 67.6 Å². The quantitative estimate of drug-likeness (QED) is 0.0856. The van der Waals surface area contributed by atoms with Crippen molar-refractivity contribution in [3.05, 3.63) is 262 Å². The average molecular weight is 1400 g/mol. The maximum absolute atomic E-state index is 8.63. The third kappa shape index (κ3) is 19.3. The molecule has 11 aromatic rings. The van der Waals surface area contributed by atoms with Crippen LogP contribution in [0.15, 0.2) is 207 Å². The van der Waals surface area contributed by atoms with Gasteiger partial charge in [0, 0.05) is 80.2 Å². The molecule has 0 N–H and O–H groups in total. The van der Waals surface area contributed by atoms with Crippen molar-refractivity contribution in [1.29, 1.82) is 0 Å². The number of hydrogen-bond donors (Lipinski definition) is 0. The maximum Gasteiger partial charge on any atom is 0.212 e. The van der Waals surface area contributed by atoms with Crippen molar-refractivity contribution >= 4 is 53.0 Å². The first-order valence-electron chi connectivity index (χ1n) is 39.5. The summed E-state index contributed by atoms with van der Waals surface area (Å²) in [7, 11) is 2.12. The van der Waals surface area contributed by atoms with Crippen molar-refractivity contribution < 1.29 is 29.2 Å². The highest BCUT2D eigenvalue weighted by Crippen LogP contribution is 2.34. The lowest BCUT2D eigenvalue weighted by Gasteiger charge is -2.23. The van der Waals surface area contributed by atoms with Gasteiger partial charge in [-0.3, -0.25) is 0 Å².